The summed E-state index contributed by atoms with van der Waals surface area (Å²) in [6, 6.07) is 6.90. The van der Waals surface area contributed by atoms with Crippen LogP contribution in [0.4, 0.5) is 11.5 Å². The highest BCUT2D eigenvalue weighted by molar-refractivity contribution is 6.69. The number of benzene rings is 1. The number of nitrogens with one attached hydrogen (secondary N) is 1. The Labute approximate surface area is 106 Å². The zero-order chi connectivity index (χ0) is 12.3. The van der Waals surface area contributed by atoms with Crippen molar-refractivity contribution < 1.29 is 9.84 Å². The van der Waals surface area contributed by atoms with E-state index in [1.165, 1.54) is 0 Å². The van der Waals surface area contributed by atoms with Crippen molar-refractivity contribution in [1.29, 1.82) is 0 Å². The molecule has 1 heterocycles. The molecule has 2 rings (SSSR count). The Kier molecular flexibility index (Phi) is 3.46. The number of nitrogens with zero attached hydrogens (tertiary/aromatic N) is 3. The Hall–Kier alpha value is -1.79. The Bertz CT molecular complexity index is 538. The van der Waals surface area contributed by atoms with Crippen LogP contribution in [0.3, 0.4) is 0 Å². The fourth-order valence-corrected chi connectivity index (χ4v) is 1.37. The molecular formula is C9H6Cl2N4O2. The van der Waals surface area contributed by atoms with Crippen molar-refractivity contribution in [2.45, 2.75) is 0 Å². The summed E-state index contributed by atoms with van der Waals surface area (Å²) >= 11 is 11.4. The van der Waals surface area contributed by atoms with E-state index in [9.17, 15) is 0 Å². The quantitative estimate of drug-likeness (QED) is 0.510. The Morgan fingerprint density at radius 2 is 2.00 bits per heavy atom. The molecule has 0 saturated carbocycles. The van der Waals surface area contributed by atoms with Crippen LogP contribution in [0.25, 0.3) is 0 Å². The van der Waals surface area contributed by atoms with Crippen molar-refractivity contribution in [3.05, 3.63) is 35.0 Å². The second-order valence-corrected chi connectivity index (χ2v) is 3.78. The molecular weight excluding hydrogens is 267 g/mol. The van der Waals surface area contributed by atoms with Crippen molar-refractivity contribution in [3.8, 4) is 0 Å². The first kappa shape index (κ1) is 11.7. The average Bonchev–Trinajstić information content (AvgIpc) is 2.79. The van der Waals surface area contributed by atoms with Gasteiger partial charge in [-0.15, -0.1) is 0 Å². The van der Waals surface area contributed by atoms with Crippen LogP contribution in [0.1, 0.15) is 5.69 Å². The third kappa shape index (κ3) is 2.66. The maximum absolute atomic E-state index is 8.53. The highest BCUT2D eigenvalue weighted by atomic mass is 35.5. The molecule has 0 aliphatic carbocycles. The van der Waals surface area contributed by atoms with Crippen LogP contribution in [-0.4, -0.2) is 20.7 Å². The highest BCUT2D eigenvalue weighted by Gasteiger charge is 2.15. The van der Waals surface area contributed by atoms with Gasteiger partial charge >= 0.3 is 0 Å². The molecule has 17 heavy (non-hydrogen) atoms. The van der Waals surface area contributed by atoms with E-state index in [-0.39, 0.29) is 16.7 Å². The number of oxime groups is 1. The van der Waals surface area contributed by atoms with Crippen molar-refractivity contribution >= 4 is 39.9 Å². The van der Waals surface area contributed by atoms with Crippen LogP contribution in [0.15, 0.2) is 34.1 Å². The van der Waals surface area contributed by atoms with Crippen molar-refractivity contribution in [2.75, 3.05) is 5.32 Å². The van der Waals surface area contributed by atoms with Gasteiger partial charge in [-0.2, -0.15) is 0 Å². The molecule has 0 atom stereocenters. The Morgan fingerprint density at radius 1 is 1.29 bits per heavy atom. The summed E-state index contributed by atoms with van der Waals surface area (Å²) in [5.41, 5.74) is 0.831. The van der Waals surface area contributed by atoms with Gasteiger partial charge in [0.15, 0.2) is 5.69 Å². The van der Waals surface area contributed by atoms with E-state index in [0.29, 0.717) is 10.7 Å². The molecule has 0 radical (unpaired) electrons. The second-order valence-electron chi connectivity index (χ2n) is 2.98. The number of halogens is 2. The van der Waals surface area contributed by atoms with Gasteiger partial charge in [0.2, 0.25) is 11.0 Å². The smallest absolute Gasteiger partial charge is 0.206 e. The SMILES string of the molecule is ON=C(Cl)c1nonc1Nc1ccc(Cl)cc1. The molecule has 0 amide bonds. The number of hydrogen-bond acceptors (Lipinski definition) is 6. The minimum atomic E-state index is -0.220. The van der Waals surface area contributed by atoms with E-state index in [4.69, 9.17) is 28.4 Å². The van der Waals surface area contributed by atoms with E-state index in [2.05, 4.69) is 25.4 Å². The molecule has 2 aromatic rings. The number of anilines is 2. The molecule has 6 nitrogen and oxygen atoms in total. The molecule has 8 heteroatoms. The predicted molar refractivity (Wildman–Crippen MR) is 63.2 cm³/mol. The lowest BCUT2D eigenvalue weighted by Crippen LogP contribution is -1.99. The molecule has 0 fully saturated rings. The van der Waals surface area contributed by atoms with Gasteiger partial charge < -0.3 is 10.5 Å². The Morgan fingerprint density at radius 3 is 2.65 bits per heavy atom. The number of rotatable bonds is 3. The first-order valence-corrected chi connectivity index (χ1v) is 5.19. The fraction of sp³-hybridized carbons (Fsp3) is 0. The van der Waals surface area contributed by atoms with E-state index in [0.717, 1.165) is 0 Å². The molecule has 0 saturated heterocycles. The first-order valence-electron chi connectivity index (χ1n) is 4.44. The summed E-state index contributed by atoms with van der Waals surface area (Å²) in [5.74, 6) is 0.245. The molecule has 0 bridgehead atoms. The molecule has 0 unspecified atom stereocenters. The van der Waals surface area contributed by atoms with Crippen LogP contribution in [0.5, 0.6) is 0 Å². The summed E-state index contributed by atoms with van der Waals surface area (Å²) in [7, 11) is 0. The average molecular weight is 273 g/mol. The van der Waals surface area contributed by atoms with Crippen molar-refractivity contribution in [2.24, 2.45) is 5.16 Å². The monoisotopic (exact) mass is 272 g/mol. The van der Waals surface area contributed by atoms with Gasteiger partial charge in [0.1, 0.15) is 0 Å². The van der Waals surface area contributed by atoms with E-state index in [1.54, 1.807) is 24.3 Å². The highest BCUT2D eigenvalue weighted by Crippen LogP contribution is 2.20. The van der Waals surface area contributed by atoms with E-state index in [1.807, 2.05) is 0 Å². The standard InChI is InChI=1S/C9H6Cl2N4O2/c10-5-1-3-6(4-2-5)12-9-7(8(11)13-16)14-17-15-9/h1-4,16H,(H,12,15). The van der Waals surface area contributed by atoms with Gasteiger partial charge in [-0.05, 0) is 34.6 Å². The van der Waals surface area contributed by atoms with Gasteiger partial charge in [0.05, 0.1) is 0 Å². The third-order valence-electron chi connectivity index (χ3n) is 1.88. The molecule has 1 aromatic carbocycles. The molecule has 2 N–H and O–H groups in total. The zero-order valence-electron chi connectivity index (χ0n) is 8.26. The van der Waals surface area contributed by atoms with Crippen molar-refractivity contribution in [1.82, 2.24) is 10.3 Å². The topological polar surface area (TPSA) is 83.5 Å². The van der Waals surface area contributed by atoms with Crippen LogP contribution in [0, 0.1) is 0 Å². The third-order valence-corrected chi connectivity index (χ3v) is 2.39. The molecule has 0 aliphatic heterocycles. The lowest BCUT2D eigenvalue weighted by molar-refractivity contribution is 0.305. The Balaban J connectivity index is 2.25. The first-order chi connectivity index (χ1) is 8.20. The van der Waals surface area contributed by atoms with Gasteiger partial charge in [-0.3, -0.25) is 0 Å². The number of hydrogen-bond donors (Lipinski definition) is 2. The lowest BCUT2D eigenvalue weighted by Gasteiger charge is -2.02. The second kappa shape index (κ2) is 5.03. The molecule has 0 aliphatic rings. The summed E-state index contributed by atoms with van der Waals surface area (Å²) in [6.45, 7) is 0. The van der Waals surface area contributed by atoms with Gasteiger partial charge in [-0.1, -0.05) is 28.4 Å². The van der Waals surface area contributed by atoms with Crippen LogP contribution in [0.2, 0.25) is 5.02 Å². The molecule has 88 valence electrons. The molecule has 0 spiro atoms. The minimum absolute atomic E-state index is 0.115. The summed E-state index contributed by atoms with van der Waals surface area (Å²) in [4.78, 5) is 0. The summed E-state index contributed by atoms with van der Waals surface area (Å²) < 4.78 is 4.50. The largest absolute Gasteiger partial charge is 0.410 e. The van der Waals surface area contributed by atoms with Gasteiger partial charge in [-0.25, -0.2) is 4.63 Å². The predicted octanol–water partition coefficient (Wildman–Crippen LogP) is 2.84. The van der Waals surface area contributed by atoms with Crippen LogP contribution in [-0.2, 0) is 0 Å². The maximum Gasteiger partial charge on any atom is 0.206 e. The summed E-state index contributed by atoms with van der Waals surface area (Å²) in [5, 5.41) is 21.7. The van der Waals surface area contributed by atoms with Gasteiger partial charge in [0, 0.05) is 10.7 Å². The van der Waals surface area contributed by atoms with E-state index >= 15 is 0 Å². The zero-order valence-corrected chi connectivity index (χ0v) is 9.77. The maximum atomic E-state index is 8.53. The molecule has 1 aromatic heterocycles. The normalized spacial score (nSPS) is 11.5. The lowest BCUT2D eigenvalue weighted by atomic mass is 10.3. The van der Waals surface area contributed by atoms with Gasteiger partial charge in [0.25, 0.3) is 0 Å². The van der Waals surface area contributed by atoms with Crippen LogP contribution >= 0.6 is 23.2 Å². The summed E-state index contributed by atoms with van der Waals surface area (Å²) in [6.07, 6.45) is 0. The minimum Gasteiger partial charge on any atom is -0.410 e. The number of aromatic nitrogens is 2. The van der Waals surface area contributed by atoms with Crippen LogP contribution < -0.4 is 5.32 Å². The fourth-order valence-electron chi connectivity index (χ4n) is 1.12. The van der Waals surface area contributed by atoms with E-state index < -0.39 is 0 Å². The van der Waals surface area contributed by atoms with Crippen molar-refractivity contribution in [3.63, 3.8) is 0 Å².